The first-order chi connectivity index (χ1) is 9.74. The Morgan fingerprint density at radius 3 is 2.90 bits per heavy atom. The highest BCUT2D eigenvalue weighted by molar-refractivity contribution is 7.09. The van der Waals surface area contributed by atoms with Crippen LogP contribution in [0.25, 0.3) is 0 Å². The van der Waals surface area contributed by atoms with E-state index in [2.05, 4.69) is 4.98 Å². The number of morpholine rings is 1. The third-order valence-corrected chi connectivity index (χ3v) is 4.14. The number of rotatable bonds is 2. The van der Waals surface area contributed by atoms with Crippen LogP contribution in [0.2, 0.25) is 0 Å². The molecular formula is C15H16N2O2S. The van der Waals surface area contributed by atoms with Crippen LogP contribution in [-0.4, -0.2) is 35.5 Å². The molecular weight excluding hydrogens is 272 g/mol. The van der Waals surface area contributed by atoms with Gasteiger partial charge in [0.1, 0.15) is 11.8 Å². The zero-order valence-electron chi connectivity index (χ0n) is 11.3. The number of benzene rings is 1. The number of hydrogen-bond donors (Lipinski definition) is 0. The summed E-state index contributed by atoms with van der Waals surface area (Å²) in [6.07, 6.45) is -0.0476. The standard InChI is InChI=1S/C15H16N2O2S/c1-11-16-13(10-20-11)15(18)17-7-8-19-14(9-17)12-5-3-2-4-6-12/h2-6,10,14H,7-9H2,1H3/t14-/m1/s1. The van der Waals surface area contributed by atoms with Gasteiger partial charge in [0.05, 0.1) is 18.2 Å². The van der Waals surface area contributed by atoms with Gasteiger partial charge in [-0.3, -0.25) is 4.79 Å². The number of amides is 1. The summed E-state index contributed by atoms with van der Waals surface area (Å²) in [6, 6.07) is 10.0. The molecule has 1 amide bonds. The minimum Gasteiger partial charge on any atom is -0.370 e. The number of nitrogens with zero attached hydrogens (tertiary/aromatic N) is 2. The van der Waals surface area contributed by atoms with E-state index in [-0.39, 0.29) is 12.0 Å². The molecule has 2 aromatic rings. The van der Waals surface area contributed by atoms with Gasteiger partial charge in [-0.15, -0.1) is 11.3 Å². The fourth-order valence-corrected chi connectivity index (χ4v) is 2.91. The Bertz CT molecular complexity index is 597. The second kappa shape index (κ2) is 5.73. The van der Waals surface area contributed by atoms with Crippen molar-refractivity contribution in [2.75, 3.05) is 19.7 Å². The van der Waals surface area contributed by atoms with E-state index in [9.17, 15) is 4.79 Å². The van der Waals surface area contributed by atoms with Crippen molar-refractivity contribution < 1.29 is 9.53 Å². The highest BCUT2D eigenvalue weighted by atomic mass is 32.1. The highest BCUT2D eigenvalue weighted by Crippen LogP contribution is 2.23. The van der Waals surface area contributed by atoms with E-state index < -0.39 is 0 Å². The topological polar surface area (TPSA) is 42.4 Å². The van der Waals surface area contributed by atoms with Gasteiger partial charge in [-0.2, -0.15) is 0 Å². The lowest BCUT2D eigenvalue weighted by molar-refractivity contribution is -0.0229. The molecule has 2 heterocycles. The van der Waals surface area contributed by atoms with Crippen LogP contribution in [0.5, 0.6) is 0 Å². The number of aromatic nitrogens is 1. The Kier molecular flexibility index (Phi) is 3.80. The quantitative estimate of drug-likeness (QED) is 0.853. The van der Waals surface area contributed by atoms with Crippen molar-refractivity contribution in [2.45, 2.75) is 13.0 Å². The molecule has 1 aliphatic heterocycles. The van der Waals surface area contributed by atoms with Gasteiger partial charge in [0.15, 0.2) is 0 Å². The number of hydrogen-bond acceptors (Lipinski definition) is 4. The van der Waals surface area contributed by atoms with Crippen molar-refractivity contribution in [3.63, 3.8) is 0 Å². The number of carbonyl (C=O) groups is 1. The Labute approximate surface area is 122 Å². The molecule has 0 spiro atoms. The molecule has 3 rings (SSSR count). The van der Waals surface area contributed by atoms with Gasteiger partial charge in [0.25, 0.3) is 5.91 Å². The summed E-state index contributed by atoms with van der Waals surface area (Å²) in [5.74, 6) is -0.00131. The van der Waals surface area contributed by atoms with Gasteiger partial charge in [-0.05, 0) is 12.5 Å². The van der Waals surface area contributed by atoms with Gasteiger partial charge in [0, 0.05) is 11.9 Å². The lowest BCUT2D eigenvalue weighted by atomic mass is 10.1. The predicted octanol–water partition coefficient (Wildman–Crippen LogP) is 2.67. The monoisotopic (exact) mass is 288 g/mol. The van der Waals surface area contributed by atoms with Crippen molar-refractivity contribution >= 4 is 17.2 Å². The summed E-state index contributed by atoms with van der Waals surface area (Å²) in [6.45, 7) is 3.68. The van der Waals surface area contributed by atoms with Gasteiger partial charge in [-0.25, -0.2) is 4.98 Å². The van der Waals surface area contributed by atoms with Gasteiger partial charge < -0.3 is 9.64 Å². The number of carbonyl (C=O) groups excluding carboxylic acids is 1. The van der Waals surface area contributed by atoms with Crippen LogP contribution in [-0.2, 0) is 4.74 Å². The summed E-state index contributed by atoms with van der Waals surface area (Å²) in [7, 11) is 0. The van der Waals surface area contributed by atoms with Gasteiger partial charge in [-0.1, -0.05) is 30.3 Å². The first-order valence-electron chi connectivity index (χ1n) is 6.62. The first kappa shape index (κ1) is 13.3. The van der Waals surface area contributed by atoms with Crippen molar-refractivity contribution in [3.8, 4) is 0 Å². The normalized spacial score (nSPS) is 19.1. The molecule has 0 saturated carbocycles. The van der Waals surface area contributed by atoms with Crippen LogP contribution in [0.4, 0.5) is 0 Å². The van der Waals surface area contributed by atoms with E-state index >= 15 is 0 Å². The molecule has 1 aromatic heterocycles. The minimum atomic E-state index is -0.0476. The molecule has 4 nitrogen and oxygen atoms in total. The SMILES string of the molecule is Cc1nc(C(=O)N2CCO[C@@H](c3ccccc3)C2)cs1. The lowest BCUT2D eigenvalue weighted by Crippen LogP contribution is -2.42. The minimum absolute atomic E-state index is 0.00131. The van der Waals surface area contributed by atoms with E-state index in [1.807, 2.05) is 47.5 Å². The van der Waals surface area contributed by atoms with Crippen molar-refractivity contribution in [3.05, 3.63) is 52.0 Å². The Morgan fingerprint density at radius 1 is 1.40 bits per heavy atom. The fraction of sp³-hybridized carbons (Fsp3) is 0.333. The van der Waals surface area contributed by atoms with E-state index in [0.717, 1.165) is 10.6 Å². The maximum absolute atomic E-state index is 12.4. The molecule has 0 N–H and O–H groups in total. The Balaban J connectivity index is 1.74. The second-order valence-electron chi connectivity index (χ2n) is 4.77. The molecule has 1 atom stereocenters. The van der Waals surface area contributed by atoms with Crippen LogP contribution >= 0.6 is 11.3 Å². The summed E-state index contributed by atoms with van der Waals surface area (Å²) >= 11 is 1.50. The summed E-state index contributed by atoms with van der Waals surface area (Å²) < 4.78 is 5.77. The smallest absolute Gasteiger partial charge is 0.273 e. The molecule has 0 radical (unpaired) electrons. The largest absolute Gasteiger partial charge is 0.370 e. The van der Waals surface area contributed by atoms with Crippen LogP contribution in [0, 0.1) is 6.92 Å². The number of ether oxygens (including phenoxy) is 1. The van der Waals surface area contributed by atoms with Crippen LogP contribution in [0.1, 0.15) is 27.2 Å². The molecule has 1 fully saturated rings. The zero-order valence-corrected chi connectivity index (χ0v) is 12.1. The molecule has 0 bridgehead atoms. The number of thiazole rings is 1. The molecule has 1 aliphatic rings. The van der Waals surface area contributed by atoms with E-state index in [1.54, 1.807) is 0 Å². The van der Waals surface area contributed by atoms with Crippen LogP contribution < -0.4 is 0 Å². The Hall–Kier alpha value is -1.72. The maximum Gasteiger partial charge on any atom is 0.273 e. The summed E-state index contributed by atoms with van der Waals surface area (Å²) in [5.41, 5.74) is 1.65. The molecule has 0 aliphatic carbocycles. The van der Waals surface area contributed by atoms with Crippen molar-refractivity contribution in [2.24, 2.45) is 0 Å². The van der Waals surface area contributed by atoms with Crippen LogP contribution in [0.3, 0.4) is 0 Å². The lowest BCUT2D eigenvalue weighted by Gasteiger charge is -2.32. The first-order valence-corrected chi connectivity index (χ1v) is 7.50. The molecule has 20 heavy (non-hydrogen) atoms. The Morgan fingerprint density at radius 2 is 2.20 bits per heavy atom. The van der Waals surface area contributed by atoms with Crippen LogP contribution in [0.15, 0.2) is 35.7 Å². The predicted molar refractivity (Wildman–Crippen MR) is 77.9 cm³/mol. The fourth-order valence-electron chi connectivity index (χ4n) is 2.33. The van der Waals surface area contributed by atoms with Crippen molar-refractivity contribution in [1.29, 1.82) is 0 Å². The van der Waals surface area contributed by atoms with E-state index in [1.165, 1.54) is 11.3 Å². The average molecular weight is 288 g/mol. The van der Waals surface area contributed by atoms with Gasteiger partial charge in [0.2, 0.25) is 0 Å². The third kappa shape index (κ3) is 2.73. The molecule has 0 unspecified atom stereocenters. The van der Waals surface area contributed by atoms with Crippen molar-refractivity contribution in [1.82, 2.24) is 9.88 Å². The van der Waals surface area contributed by atoms with E-state index in [0.29, 0.717) is 25.4 Å². The maximum atomic E-state index is 12.4. The number of aryl methyl sites for hydroxylation is 1. The zero-order chi connectivity index (χ0) is 13.9. The van der Waals surface area contributed by atoms with Gasteiger partial charge >= 0.3 is 0 Å². The average Bonchev–Trinajstić information content (AvgIpc) is 2.94. The third-order valence-electron chi connectivity index (χ3n) is 3.36. The summed E-state index contributed by atoms with van der Waals surface area (Å²) in [5, 5.41) is 2.74. The molecule has 1 saturated heterocycles. The second-order valence-corrected chi connectivity index (χ2v) is 5.84. The summed E-state index contributed by atoms with van der Waals surface area (Å²) in [4.78, 5) is 18.5. The highest BCUT2D eigenvalue weighted by Gasteiger charge is 2.27. The molecule has 5 heteroatoms. The van der Waals surface area contributed by atoms with E-state index in [4.69, 9.17) is 4.74 Å². The molecule has 1 aromatic carbocycles. The molecule has 104 valence electrons.